The Morgan fingerprint density at radius 1 is 0.917 bits per heavy atom. The van der Waals surface area contributed by atoms with Crippen LogP contribution >= 0.6 is 0 Å². The number of hydrogen-bond donors (Lipinski definition) is 1. The third-order valence-corrected chi connectivity index (χ3v) is 4.78. The zero-order valence-electron chi connectivity index (χ0n) is 15.5. The van der Waals surface area contributed by atoms with Gasteiger partial charge in [-0.15, -0.1) is 0 Å². The highest BCUT2D eigenvalue weighted by Gasteiger charge is 2.15. The van der Waals surface area contributed by atoms with E-state index < -0.39 is 0 Å². The minimum absolute atomic E-state index is 0.352. The number of aryl methyl sites for hydroxylation is 2. The maximum Gasteiger partial charge on any atom is 0.139 e. The average Bonchev–Trinajstić information content (AvgIpc) is 2.61. The molecule has 1 atom stereocenters. The number of rotatable bonds is 6. The normalized spacial score (nSPS) is 11.9. The molecule has 0 radical (unpaired) electrons. The molecule has 0 aromatic heterocycles. The zero-order valence-corrected chi connectivity index (χ0v) is 15.5. The Balaban J connectivity index is 2.25. The van der Waals surface area contributed by atoms with E-state index in [-0.39, 0.29) is 0 Å². The number of quaternary nitrogens is 1. The van der Waals surface area contributed by atoms with Crippen molar-refractivity contribution >= 4 is 0 Å². The van der Waals surface area contributed by atoms with Crippen molar-refractivity contribution in [3.05, 3.63) is 70.8 Å². The SMILES string of the molecule is CC[NH+](CC)CC#CCC(c1ccccc1)c1cc(C)ccc1C. The summed E-state index contributed by atoms with van der Waals surface area (Å²) in [5.74, 6) is 7.21. The van der Waals surface area contributed by atoms with Gasteiger partial charge in [-0.1, -0.05) is 60.0 Å². The summed E-state index contributed by atoms with van der Waals surface area (Å²) in [6.07, 6.45) is 0.884. The van der Waals surface area contributed by atoms with Crippen LogP contribution in [0.3, 0.4) is 0 Å². The lowest BCUT2D eigenvalue weighted by molar-refractivity contribution is -0.889. The summed E-state index contributed by atoms with van der Waals surface area (Å²) in [4.78, 5) is 1.55. The summed E-state index contributed by atoms with van der Waals surface area (Å²) < 4.78 is 0. The molecular formula is C23H30N+. The van der Waals surface area contributed by atoms with E-state index in [1.165, 1.54) is 22.3 Å². The van der Waals surface area contributed by atoms with Gasteiger partial charge in [-0.25, -0.2) is 0 Å². The van der Waals surface area contributed by atoms with E-state index in [1.807, 2.05) is 0 Å². The standard InChI is InChI=1S/C23H29N/c1-5-24(6-2)17-11-10-14-22(21-12-8-7-9-13-21)23-18-19(3)15-16-20(23)4/h7-9,12-13,15-16,18,22H,5-6,14,17H2,1-4H3/p+1. The predicted octanol–water partition coefficient (Wildman–Crippen LogP) is 3.75. The van der Waals surface area contributed by atoms with Crippen molar-refractivity contribution in [2.24, 2.45) is 0 Å². The highest BCUT2D eigenvalue weighted by atomic mass is 15.1. The third kappa shape index (κ3) is 4.98. The van der Waals surface area contributed by atoms with E-state index >= 15 is 0 Å². The smallest absolute Gasteiger partial charge is 0.139 e. The second kappa shape index (κ2) is 9.30. The predicted molar refractivity (Wildman–Crippen MR) is 104 cm³/mol. The molecule has 1 heteroatoms. The fraction of sp³-hybridized carbons (Fsp3) is 0.391. The fourth-order valence-corrected chi connectivity index (χ4v) is 3.09. The average molecular weight is 321 g/mol. The van der Waals surface area contributed by atoms with Crippen LogP contribution in [-0.2, 0) is 0 Å². The molecule has 0 saturated carbocycles. The lowest BCUT2D eigenvalue weighted by Gasteiger charge is -2.18. The lowest BCUT2D eigenvalue weighted by atomic mass is 9.85. The molecular weight excluding hydrogens is 290 g/mol. The number of nitrogens with one attached hydrogen (secondary N) is 1. The van der Waals surface area contributed by atoms with Crippen molar-refractivity contribution in [1.82, 2.24) is 0 Å². The van der Waals surface area contributed by atoms with Crippen LogP contribution in [0.1, 0.15) is 48.4 Å². The Kier molecular flexibility index (Phi) is 7.09. The summed E-state index contributed by atoms with van der Waals surface area (Å²) in [7, 11) is 0. The van der Waals surface area contributed by atoms with Gasteiger partial charge in [-0.2, -0.15) is 0 Å². The molecule has 0 heterocycles. The lowest BCUT2D eigenvalue weighted by Crippen LogP contribution is -3.11. The van der Waals surface area contributed by atoms with E-state index in [9.17, 15) is 0 Å². The topological polar surface area (TPSA) is 4.44 Å². The molecule has 1 unspecified atom stereocenters. The van der Waals surface area contributed by atoms with Crippen LogP contribution in [0.15, 0.2) is 48.5 Å². The Hall–Kier alpha value is -2.04. The van der Waals surface area contributed by atoms with Crippen molar-refractivity contribution in [2.45, 2.75) is 40.0 Å². The van der Waals surface area contributed by atoms with Crippen LogP contribution in [0.25, 0.3) is 0 Å². The molecule has 126 valence electrons. The Labute approximate surface area is 147 Å². The van der Waals surface area contributed by atoms with Gasteiger partial charge in [0.1, 0.15) is 6.54 Å². The van der Waals surface area contributed by atoms with Gasteiger partial charge < -0.3 is 4.90 Å². The monoisotopic (exact) mass is 320 g/mol. The first-order valence-electron chi connectivity index (χ1n) is 9.07. The van der Waals surface area contributed by atoms with Crippen molar-refractivity contribution in [3.63, 3.8) is 0 Å². The van der Waals surface area contributed by atoms with Crippen molar-refractivity contribution in [3.8, 4) is 11.8 Å². The first-order chi connectivity index (χ1) is 11.7. The second-order valence-corrected chi connectivity index (χ2v) is 6.51. The third-order valence-electron chi connectivity index (χ3n) is 4.78. The van der Waals surface area contributed by atoms with Crippen LogP contribution in [0, 0.1) is 25.7 Å². The van der Waals surface area contributed by atoms with Gasteiger partial charge in [0.25, 0.3) is 0 Å². The Bertz CT molecular complexity index is 687. The second-order valence-electron chi connectivity index (χ2n) is 6.51. The molecule has 0 bridgehead atoms. The quantitative estimate of drug-likeness (QED) is 0.773. The molecule has 1 N–H and O–H groups in total. The molecule has 24 heavy (non-hydrogen) atoms. The summed E-state index contributed by atoms with van der Waals surface area (Å²) in [6.45, 7) is 12.1. The molecule has 2 aromatic rings. The maximum atomic E-state index is 3.46. The van der Waals surface area contributed by atoms with Gasteiger partial charge in [0.15, 0.2) is 0 Å². The van der Waals surface area contributed by atoms with Crippen LogP contribution in [0.4, 0.5) is 0 Å². The van der Waals surface area contributed by atoms with Crippen molar-refractivity contribution < 1.29 is 4.90 Å². The number of hydrogen-bond acceptors (Lipinski definition) is 0. The summed E-state index contributed by atoms with van der Waals surface area (Å²) >= 11 is 0. The van der Waals surface area contributed by atoms with Gasteiger partial charge in [0.2, 0.25) is 0 Å². The molecule has 0 aliphatic carbocycles. The summed E-state index contributed by atoms with van der Waals surface area (Å²) in [5.41, 5.74) is 5.43. The van der Waals surface area contributed by atoms with Crippen LogP contribution in [0.2, 0.25) is 0 Å². The first kappa shape index (κ1) is 18.3. The summed E-state index contributed by atoms with van der Waals surface area (Å²) in [5, 5.41) is 0. The van der Waals surface area contributed by atoms with E-state index in [0.717, 1.165) is 26.1 Å². The molecule has 0 aliphatic rings. The molecule has 0 amide bonds. The van der Waals surface area contributed by atoms with Gasteiger partial charge in [0.05, 0.1) is 13.1 Å². The zero-order chi connectivity index (χ0) is 17.4. The van der Waals surface area contributed by atoms with Crippen molar-refractivity contribution in [1.29, 1.82) is 0 Å². The first-order valence-corrected chi connectivity index (χ1v) is 9.07. The molecule has 2 rings (SSSR count). The van der Waals surface area contributed by atoms with Crippen LogP contribution in [-0.4, -0.2) is 19.6 Å². The molecule has 0 saturated heterocycles. The molecule has 2 aromatic carbocycles. The fourth-order valence-electron chi connectivity index (χ4n) is 3.09. The summed E-state index contributed by atoms with van der Waals surface area (Å²) in [6, 6.07) is 17.5. The van der Waals surface area contributed by atoms with E-state index in [0.29, 0.717) is 5.92 Å². The highest BCUT2D eigenvalue weighted by Crippen LogP contribution is 2.30. The maximum absolute atomic E-state index is 3.46. The molecule has 0 spiro atoms. The molecule has 0 fully saturated rings. The van der Waals surface area contributed by atoms with Gasteiger partial charge >= 0.3 is 0 Å². The van der Waals surface area contributed by atoms with Gasteiger partial charge in [-0.05, 0) is 50.3 Å². The number of benzene rings is 2. The van der Waals surface area contributed by atoms with Crippen LogP contribution in [0.5, 0.6) is 0 Å². The Morgan fingerprint density at radius 2 is 1.62 bits per heavy atom. The van der Waals surface area contributed by atoms with Crippen molar-refractivity contribution in [2.75, 3.05) is 19.6 Å². The highest BCUT2D eigenvalue weighted by molar-refractivity contribution is 5.40. The minimum Gasteiger partial charge on any atom is -0.325 e. The molecule has 1 nitrogen and oxygen atoms in total. The van der Waals surface area contributed by atoms with Crippen LogP contribution < -0.4 is 4.90 Å². The van der Waals surface area contributed by atoms with Gasteiger partial charge in [-0.3, -0.25) is 0 Å². The van der Waals surface area contributed by atoms with E-state index in [1.54, 1.807) is 4.90 Å². The van der Waals surface area contributed by atoms with E-state index in [4.69, 9.17) is 0 Å². The largest absolute Gasteiger partial charge is 0.325 e. The Morgan fingerprint density at radius 3 is 2.29 bits per heavy atom. The van der Waals surface area contributed by atoms with Gasteiger partial charge in [0, 0.05) is 12.3 Å². The minimum atomic E-state index is 0.352. The van der Waals surface area contributed by atoms with E-state index in [2.05, 4.69) is 88.1 Å². The molecule has 0 aliphatic heterocycles.